The third-order valence-corrected chi connectivity index (χ3v) is 7.02. The van der Waals surface area contributed by atoms with Crippen LogP contribution in [0.1, 0.15) is 31.2 Å². The molecule has 0 bridgehead atoms. The fraction of sp³-hybridized carbons (Fsp3) is 0.350. The second-order valence-corrected chi connectivity index (χ2v) is 9.91. The van der Waals surface area contributed by atoms with Crippen molar-refractivity contribution in [1.82, 2.24) is 19.2 Å². The molecule has 0 fully saturated rings. The van der Waals surface area contributed by atoms with Crippen molar-refractivity contribution in [3.63, 3.8) is 0 Å². The van der Waals surface area contributed by atoms with E-state index in [4.69, 9.17) is 9.72 Å². The summed E-state index contributed by atoms with van der Waals surface area (Å²) < 4.78 is 9.24. The van der Waals surface area contributed by atoms with Gasteiger partial charge in [0.2, 0.25) is 0 Å². The van der Waals surface area contributed by atoms with Crippen LogP contribution in [0.25, 0.3) is 26.6 Å². The number of hydrogen-bond acceptors (Lipinski definition) is 6. The molecule has 0 radical (unpaired) electrons. The minimum absolute atomic E-state index is 0.181. The van der Waals surface area contributed by atoms with E-state index in [-0.39, 0.29) is 11.3 Å². The van der Waals surface area contributed by atoms with Gasteiger partial charge in [0, 0.05) is 17.8 Å². The first-order valence-electron chi connectivity index (χ1n) is 9.10. The molecule has 8 heteroatoms. The predicted octanol–water partition coefficient (Wildman–Crippen LogP) is 4.26. The molecule has 0 spiro atoms. The molecule has 0 aromatic carbocycles. The van der Waals surface area contributed by atoms with Crippen LogP contribution in [0.2, 0.25) is 0 Å². The van der Waals surface area contributed by atoms with Gasteiger partial charge in [-0.2, -0.15) is 4.52 Å². The maximum absolute atomic E-state index is 13.3. The fourth-order valence-corrected chi connectivity index (χ4v) is 5.56. The minimum atomic E-state index is -0.246. The number of allylic oxidation sites excluding steroid dienone is 1. The molecule has 4 aromatic heterocycles. The number of rotatable bonds is 3. The van der Waals surface area contributed by atoms with E-state index in [9.17, 15) is 4.79 Å². The highest BCUT2D eigenvalue weighted by molar-refractivity contribution is 7.19. The van der Waals surface area contributed by atoms with Crippen molar-refractivity contribution in [2.75, 3.05) is 0 Å². The highest BCUT2D eigenvalue weighted by Crippen LogP contribution is 2.40. The lowest BCUT2D eigenvalue weighted by Crippen LogP contribution is -2.31. The van der Waals surface area contributed by atoms with Gasteiger partial charge in [-0.1, -0.05) is 18.2 Å². The molecule has 5 rings (SSSR count). The van der Waals surface area contributed by atoms with Gasteiger partial charge in [-0.15, -0.1) is 27.8 Å². The van der Waals surface area contributed by atoms with Gasteiger partial charge in [0.1, 0.15) is 4.83 Å². The summed E-state index contributed by atoms with van der Waals surface area (Å²) in [5.74, 6) is 0.591. The van der Waals surface area contributed by atoms with Crippen LogP contribution < -0.4 is 5.69 Å². The van der Waals surface area contributed by atoms with Gasteiger partial charge < -0.3 is 4.74 Å². The normalized spacial score (nSPS) is 16.0. The number of nitrogens with zero attached hydrogens (tertiary/aromatic N) is 4. The van der Waals surface area contributed by atoms with Crippen molar-refractivity contribution in [2.24, 2.45) is 0 Å². The first kappa shape index (κ1) is 17.8. The number of hydrogen-bond donors (Lipinski definition) is 0. The van der Waals surface area contributed by atoms with E-state index >= 15 is 0 Å². The lowest BCUT2D eigenvalue weighted by atomic mass is 9.94. The van der Waals surface area contributed by atoms with Gasteiger partial charge in [-0.25, -0.2) is 9.78 Å². The lowest BCUT2D eigenvalue weighted by Gasteiger charge is -2.30. The summed E-state index contributed by atoms with van der Waals surface area (Å²) in [5.41, 5.74) is 2.35. The zero-order valence-corrected chi connectivity index (χ0v) is 17.6. The lowest BCUT2D eigenvalue weighted by molar-refractivity contribution is -0.0379. The molecular weight excluding hydrogens is 392 g/mol. The summed E-state index contributed by atoms with van der Waals surface area (Å²) in [5, 5.41) is 7.57. The van der Waals surface area contributed by atoms with E-state index < -0.39 is 0 Å². The number of fused-ring (bicyclic) bond motifs is 5. The molecular formula is C20H20N4O2S2. The van der Waals surface area contributed by atoms with Crippen molar-refractivity contribution in [3.8, 4) is 10.7 Å². The maximum atomic E-state index is 13.3. The van der Waals surface area contributed by atoms with Crippen molar-refractivity contribution < 1.29 is 4.74 Å². The second kappa shape index (κ2) is 6.10. The topological polar surface area (TPSA) is 61.4 Å². The van der Waals surface area contributed by atoms with Gasteiger partial charge in [0.25, 0.3) is 0 Å². The molecule has 0 atom stereocenters. The molecule has 1 aliphatic heterocycles. The van der Waals surface area contributed by atoms with Crippen LogP contribution in [0.15, 0.2) is 34.5 Å². The van der Waals surface area contributed by atoms with E-state index in [1.165, 1.54) is 10.1 Å². The van der Waals surface area contributed by atoms with Crippen LogP contribution >= 0.6 is 22.7 Å². The van der Waals surface area contributed by atoms with Crippen LogP contribution in [0.3, 0.4) is 0 Å². The van der Waals surface area contributed by atoms with Gasteiger partial charge in [0.05, 0.1) is 22.5 Å². The Bertz CT molecular complexity index is 1290. The number of aromatic nitrogens is 4. The average Bonchev–Trinajstić information content (AvgIpc) is 3.34. The average molecular weight is 413 g/mol. The first-order valence-corrected chi connectivity index (χ1v) is 10.8. The Labute approximate surface area is 169 Å². The van der Waals surface area contributed by atoms with Gasteiger partial charge in [-0.05, 0) is 37.8 Å². The van der Waals surface area contributed by atoms with E-state index in [1.807, 2.05) is 24.4 Å². The molecule has 0 amide bonds. The Kier molecular flexibility index (Phi) is 3.88. The van der Waals surface area contributed by atoms with Gasteiger partial charge in [-0.3, -0.25) is 4.57 Å². The Morgan fingerprint density at radius 3 is 2.96 bits per heavy atom. The Morgan fingerprint density at radius 2 is 2.25 bits per heavy atom. The van der Waals surface area contributed by atoms with E-state index in [2.05, 4.69) is 25.5 Å². The van der Waals surface area contributed by atoms with Crippen LogP contribution in [-0.4, -0.2) is 24.8 Å². The maximum Gasteiger partial charge on any atom is 0.352 e. The smallest absolute Gasteiger partial charge is 0.352 e. The molecule has 5 heterocycles. The summed E-state index contributed by atoms with van der Waals surface area (Å²) in [4.78, 5) is 21.1. The molecule has 0 N–H and O–H groups in total. The summed E-state index contributed by atoms with van der Waals surface area (Å²) >= 11 is 3.19. The van der Waals surface area contributed by atoms with Crippen molar-refractivity contribution in [3.05, 3.63) is 50.6 Å². The molecule has 0 unspecified atom stereocenters. The van der Waals surface area contributed by atoms with Crippen LogP contribution in [-0.2, 0) is 24.3 Å². The monoisotopic (exact) mass is 412 g/mol. The third-order valence-electron chi connectivity index (χ3n) is 4.93. The quantitative estimate of drug-likeness (QED) is 0.472. The Hall–Kier alpha value is -2.29. The molecule has 4 aromatic rings. The SMILES string of the molecule is C=C(C)Cn1c(=O)n2nc(-c3cccs3)nc2c2c3c(sc21)COC(C)(C)C3. The molecule has 6 nitrogen and oxygen atoms in total. The van der Waals surface area contributed by atoms with E-state index in [0.29, 0.717) is 24.6 Å². The van der Waals surface area contributed by atoms with E-state index in [0.717, 1.165) is 32.0 Å². The summed E-state index contributed by atoms with van der Waals surface area (Å²) in [6.45, 7) is 11.2. The minimum Gasteiger partial charge on any atom is -0.370 e. The Balaban J connectivity index is 1.90. The standard InChI is InChI=1S/C20H20N4O2S2/c1-11(2)9-23-18-15(12-8-20(3,4)26-10-14(12)28-18)17-21-16(13-6-5-7-27-13)22-24(17)19(23)25/h5-7H,1,8-10H2,2-4H3. The van der Waals surface area contributed by atoms with Crippen molar-refractivity contribution in [1.29, 1.82) is 0 Å². The summed E-state index contributed by atoms with van der Waals surface area (Å²) in [6.07, 6.45) is 0.782. The number of thiophene rings is 2. The summed E-state index contributed by atoms with van der Waals surface area (Å²) in [7, 11) is 0. The summed E-state index contributed by atoms with van der Waals surface area (Å²) in [6, 6.07) is 3.94. The third kappa shape index (κ3) is 2.67. The largest absolute Gasteiger partial charge is 0.370 e. The molecule has 1 aliphatic rings. The van der Waals surface area contributed by atoms with Crippen molar-refractivity contribution in [2.45, 2.75) is 45.9 Å². The molecule has 0 aliphatic carbocycles. The highest BCUT2D eigenvalue weighted by atomic mass is 32.1. The van der Waals surface area contributed by atoms with Crippen LogP contribution in [0.4, 0.5) is 0 Å². The zero-order chi connectivity index (χ0) is 19.6. The zero-order valence-electron chi connectivity index (χ0n) is 16.0. The van der Waals surface area contributed by atoms with Crippen molar-refractivity contribution >= 4 is 38.5 Å². The molecule has 28 heavy (non-hydrogen) atoms. The highest BCUT2D eigenvalue weighted by Gasteiger charge is 2.32. The molecule has 144 valence electrons. The molecule has 0 saturated heterocycles. The predicted molar refractivity (Wildman–Crippen MR) is 113 cm³/mol. The molecule has 0 saturated carbocycles. The fourth-order valence-electron chi connectivity index (χ4n) is 3.69. The second-order valence-electron chi connectivity index (χ2n) is 7.88. The first-order chi connectivity index (χ1) is 13.3. The van der Waals surface area contributed by atoms with Crippen LogP contribution in [0.5, 0.6) is 0 Å². The Morgan fingerprint density at radius 1 is 1.43 bits per heavy atom. The van der Waals surface area contributed by atoms with E-state index in [1.54, 1.807) is 27.2 Å². The van der Waals surface area contributed by atoms with Crippen LogP contribution in [0, 0.1) is 0 Å². The van der Waals surface area contributed by atoms with Gasteiger partial charge in [0.15, 0.2) is 11.5 Å². The number of ether oxygens (including phenoxy) is 1. The van der Waals surface area contributed by atoms with Gasteiger partial charge >= 0.3 is 5.69 Å².